The van der Waals surface area contributed by atoms with Crippen LogP contribution in [0.2, 0.25) is 0 Å². The highest BCUT2D eigenvalue weighted by Crippen LogP contribution is 2.22. The molecule has 1 aliphatic rings. The number of nitrogens with zero attached hydrogens (tertiary/aromatic N) is 5. The zero-order valence-electron chi connectivity index (χ0n) is 15.9. The fourth-order valence-electron chi connectivity index (χ4n) is 3.31. The molecule has 3 rings (SSSR count). The number of nitrogens with one attached hydrogen (secondary N) is 2. The van der Waals surface area contributed by atoms with Gasteiger partial charge < -0.3 is 15.5 Å². The molecule has 2 N–H and O–H groups in total. The van der Waals surface area contributed by atoms with Gasteiger partial charge >= 0.3 is 0 Å². The number of hydrogen-bond donors (Lipinski definition) is 2. The largest absolute Gasteiger partial charge is 0.363 e. The normalized spacial score (nSPS) is 19.8. The van der Waals surface area contributed by atoms with Crippen LogP contribution in [0.1, 0.15) is 41.9 Å². The fraction of sp³-hybridized carbons (Fsp3) is 0.556. The van der Waals surface area contributed by atoms with Crippen LogP contribution >= 0.6 is 0 Å². The number of rotatable bonds is 5. The summed E-state index contributed by atoms with van der Waals surface area (Å²) in [5.74, 6) is 1.50. The van der Waals surface area contributed by atoms with Crippen molar-refractivity contribution in [3.05, 3.63) is 29.7 Å². The van der Waals surface area contributed by atoms with E-state index >= 15 is 0 Å². The predicted molar refractivity (Wildman–Crippen MR) is 101 cm³/mol. The fourth-order valence-corrected chi connectivity index (χ4v) is 3.31. The van der Waals surface area contributed by atoms with Crippen molar-refractivity contribution < 1.29 is 4.79 Å². The van der Waals surface area contributed by atoms with E-state index in [2.05, 4.69) is 25.7 Å². The second-order valence-electron chi connectivity index (χ2n) is 7.09. The molecule has 0 spiro atoms. The molecule has 0 atom stereocenters. The predicted octanol–water partition coefficient (Wildman–Crippen LogP) is 1.74. The molecule has 0 aliphatic heterocycles. The summed E-state index contributed by atoms with van der Waals surface area (Å²) < 4.78 is 1.63. The zero-order chi connectivity index (χ0) is 18.7. The Morgan fingerprint density at radius 3 is 2.54 bits per heavy atom. The van der Waals surface area contributed by atoms with Gasteiger partial charge in [0.05, 0.1) is 5.69 Å². The van der Waals surface area contributed by atoms with Crippen LogP contribution in [0.15, 0.2) is 18.3 Å². The lowest BCUT2D eigenvalue weighted by Crippen LogP contribution is -2.40. The Kier molecular flexibility index (Phi) is 5.39. The smallest absolute Gasteiger partial charge is 0.269 e. The molecule has 2 aromatic heterocycles. The van der Waals surface area contributed by atoms with E-state index in [9.17, 15) is 4.79 Å². The van der Waals surface area contributed by atoms with Gasteiger partial charge in [-0.2, -0.15) is 10.1 Å². The van der Waals surface area contributed by atoms with Gasteiger partial charge in [0.2, 0.25) is 5.95 Å². The summed E-state index contributed by atoms with van der Waals surface area (Å²) in [7, 11) is 5.72. The number of carbonyl (C=O) groups is 1. The highest BCUT2D eigenvalue weighted by atomic mass is 16.2. The van der Waals surface area contributed by atoms with Crippen LogP contribution in [-0.4, -0.2) is 51.8 Å². The van der Waals surface area contributed by atoms with E-state index in [1.165, 1.54) is 0 Å². The minimum atomic E-state index is -0.0495. The van der Waals surface area contributed by atoms with Gasteiger partial charge in [0.15, 0.2) is 0 Å². The van der Waals surface area contributed by atoms with Crippen molar-refractivity contribution in [2.24, 2.45) is 7.05 Å². The van der Waals surface area contributed by atoms with E-state index in [1.807, 2.05) is 38.1 Å². The lowest BCUT2D eigenvalue weighted by atomic mass is 9.91. The van der Waals surface area contributed by atoms with Crippen LogP contribution < -0.4 is 15.5 Å². The van der Waals surface area contributed by atoms with Crippen molar-refractivity contribution in [2.75, 3.05) is 24.3 Å². The van der Waals surface area contributed by atoms with Gasteiger partial charge in [-0.05, 0) is 44.7 Å². The summed E-state index contributed by atoms with van der Waals surface area (Å²) in [5.41, 5.74) is 1.46. The molecular weight excluding hydrogens is 330 g/mol. The molecule has 2 aromatic rings. The van der Waals surface area contributed by atoms with E-state index in [0.717, 1.165) is 37.2 Å². The minimum Gasteiger partial charge on any atom is -0.363 e. The van der Waals surface area contributed by atoms with E-state index in [1.54, 1.807) is 17.9 Å². The Labute approximate surface area is 154 Å². The Morgan fingerprint density at radius 1 is 1.23 bits per heavy atom. The van der Waals surface area contributed by atoms with Gasteiger partial charge in [-0.1, -0.05) is 0 Å². The average molecular weight is 357 g/mol. The molecule has 0 aromatic carbocycles. The van der Waals surface area contributed by atoms with Crippen molar-refractivity contribution in [1.82, 2.24) is 25.1 Å². The van der Waals surface area contributed by atoms with Gasteiger partial charge in [-0.15, -0.1) is 0 Å². The van der Waals surface area contributed by atoms with Crippen LogP contribution in [0.25, 0.3) is 0 Å². The third kappa shape index (κ3) is 4.30. The molecule has 8 nitrogen and oxygen atoms in total. The van der Waals surface area contributed by atoms with Crippen molar-refractivity contribution in [3.63, 3.8) is 0 Å². The first-order chi connectivity index (χ1) is 12.4. The van der Waals surface area contributed by atoms with Crippen LogP contribution in [-0.2, 0) is 7.05 Å². The standard InChI is InChI=1S/C18H27N7O/c1-12-11-15(25(4)23-12)17(26)20-13-5-7-14(8-6-13)21-18-19-10-9-16(22-18)24(2)3/h9-11,13-14H,5-8H2,1-4H3,(H,20,26)(H,19,21,22). The van der Waals surface area contributed by atoms with Crippen LogP contribution in [0.5, 0.6) is 0 Å². The first-order valence-electron chi connectivity index (χ1n) is 9.01. The summed E-state index contributed by atoms with van der Waals surface area (Å²) in [6.45, 7) is 1.89. The zero-order valence-corrected chi connectivity index (χ0v) is 15.9. The molecule has 26 heavy (non-hydrogen) atoms. The molecule has 1 aliphatic carbocycles. The molecule has 0 saturated heterocycles. The molecule has 2 heterocycles. The number of aryl methyl sites for hydroxylation is 2. The Hall–Kier alpha value is -2.64. The monoisotopic (exact) mass is 357 g/mol. The maximum atomic E-state index is 12.4. The summed E-state index contributed by atoms with van der Waals surface area (Å²) in [6.07, 6.45) is 5.60. The average Bonchev–Trinajstić information content (AvgIpc) is 2.95. The van der Waals surface area contributed by atoms with Crippen molar-refractivity contribution in [1.29, 1.82) is 0 Å². The highest BCUT2D eigenvalue weighted by Gasteiger charge is 2.24. The van der Waals surface area contributed by atoms with Crippen LogP contribution in [0.3, 0.4) is 0 Å². The Morgan fingerprint density at radius 2 is 1.92 bits per heavy atom. The van der Waals surface area contributed by atoms with E-state index < -0.39 is 0 Å². The van der Waals surface area contributed by atoms with Gasteiger partial charge in [-0.25, -0.2) is 4.98 Å². The first-order valence-corrected chi connectivity index (χ1v) is 9.01. The number of amides is 1. The number of hydrogen-bond acceptors (Lipinski definition) is 6. The van der Waals surface area contributed by atoms with Crippen LogP contribution in [0, 0.1) is 6.92 Å². The molecule has 0 unspecified atom stereocenters. The minimum absolute atomic E-state index is 0.0495. The summed E-state index contributed by atoms with van der Waals surface area (Å²) in [4.78, 5) is 23.2. The van der Waals surface area contributed by atoms with Gasteiger partial charge in [0.1, 0.15) is 11.5 Å². The molecule has 1 amide bonds. The second kappa shape index (κ2) is 7.72. The lowest BCUT2D eigenvalue weighted by Gasteiger charge is -2.29. The summed E-state index contributed by atoms with van der Waals surface area (Å²) in [5, 5.41) is 10.8. The van der Waals surface area contributed by atoms with E-state index in [4.69, 9.17) is 0 Å². The summed E-state index contributed by atoms with van der Waals surface area (Å²) >= 11 is 0. The van der Waals surface area contributed by atoms with Crippen molar-refractivity contribution in [2.45, 2.75) is 44.7 Å². The number of carbonyl (C=O) groups excluding carboxylic acids is 1. The molecule has 0 radical (unpaired) electrons. The van der Waals surface area contributed by atoms with Crippen molar-refractivity contribution >= 4 is 17.7 Å². The maximum Gasteiger partial charge on any atom is 0.269 e. The maximum absolute atomic E-state index is 12.4. The number of aromatic nitrogens is 4. The topological polar surface area (TPSA) is 88.0 Å². The Balaban J connectivity index is 1.50. The van der Waals surface area contributed by atoms with E-state index in [0.29, 0.717) is 17.7 Å². The SMILES string of the molecule is Cc1cc(C(=O)NC2CCC(Nc3nccc(N(C)C)n3)CC2)n(C)n1. The lowest BCUT2D eigenvalue weighted by molar-refractivity contribution is 0.0917. The molecular formula is C18H27N7O. The van der Waals surface area contributed by atoms with Crippen LogP contribution in [0.4, 0.5) is 11.8 Å². The third-order valence-electron chi connectivity index (χ3n) is 4.73. The molecule has 0 bridgehead atoms. The molecule has 140 valence electrons. The molecule has 8 heteroatoms. The van der Waals surface area contributed by atoms with Crippen molar-refractivity contribution in [3.8, 4) is 0 Å². The molecule has 1 fully saturated rings. The highest BCUT2D eigenvalue weighted by molar-refractivity contribution is 5.92. The second-order valence-corrected chi connectivity index (χ2v) is 7.09. The quantitative estimate of drug-likeness (QED) is 0.847. The third-order valence-corrected chi connectivity index (χ3v) is 4.73. The van der Waals surface area contributed by atoms with Gasteiger partial charge in [0, 0.05) is 39.4 Å². The van der Waals surface area contributed by atoms with Gasteiger partial charge in [-0.3, -0.25) is 9.48 Å². The number of anilines is 2. The Bertz CT molecular complexity index is 763. The summed E-state index contributed by atoms with van der Waals surface area (Å²) in [6, 6.07) is 4.24. The molecule has 1 saturated carbocycles. The van der Waals surface area contributed by atoms with E-state index in [-0.39, 0.29) is 11.9 Å². The first kappa shape index (κ1) is 18.2. The van der Waals surface area contributed by atoms with Gasteiger partial charge in [0.25, 0.3) is 5.91 Å².